The van der Waals surface area contributed by atoms with Crippen molar-refractivity contribution in [2.75, 3.05) is 17.2 Å². The first-order valence-corrected chi connectivity index (χ1v) is 7.99. The highest BCUT2D eigenvalue weighted by molar-refractivity contribution is 9.10. The van der Waals surface area contributed by atoms with Gasteiger partial charge in [-0.3, -0.25) is 4.79 Å². The third-order valence-corrected chi connectivity index (χ3v) is 3.58. The van der Waals surface area contributed by atoms with Crippen LogP contribution in [0.2, 0.25) is 0 Å². The van der Waals surface area contributed by atoms with Crippen LogP contribution < -0.4 is 16.0 Å². The van der Waals surface area contributed by atoms with Crippen molar-refractivity contribution < 1.29 is 9.59 Å². The smallest absolute Gasteiger partial charge is 0.319 e. The Bertz CT molecular complexity index is 686. The molecule has 6 heteroatoms. The lowest BCUT2D eigenvalue weighted by atomic mass is 10.1. The van der Waals surface area contributed by atoms with E-state index in [0.29, 0.717) is 17.9 Å². The van der Waals surface area contributed by atoms with Crippen LogP contribution in [0.4, 0.5) is 16.2 Å². The Labute approximate surface area is 143 Å². The van der Waals surface area contributed by atoms with Crippen LogP contribution in [0.25, 0.3) is 0 Å². The van der Waals surface area contributed by atoms with Crippen molar-refractivity contribution >= 4 is 39.2 Å². The topological polar surface area (TPSA) is 70.2 Å². The second kappa shape index (κ2) is 8.33. The van der Waals surface area contributed by atoms with E-state index in [1.165, 1.54) is 6.92 Å². The molecule has 23 heavy (non-hydrogen) atoms. The first kappa shape index (κ1) is 17.0. The Kier molecular flexibility index (Phi) is 6.17. The molecule has 0 saturated heterocycles. The predicted molar refractivity (Wildman–Crippen MR) is 95.6 cm³/mol. The molecule has 5 nitrogen and oxygen atoms in total. The van der Waals surface area contributed by atoms with Crippen molar-refractivity contribution in [3.63, 3.8) is 0 Å². The maximum absolute atomic E-state index is 11.9. The molecule has 0 atom stereocenters. The summed E-state index contributed by atoms with van der Waals surface area (Å²) in [7, 11) is 0. The summed E-state index contributed by atoms with van der Waals surface area (Å²) in [6.07, 6.45) is 0.757. The molecule has 0 fully saturated rings. The SMILES string of the molecule is CC(=O)Nc1cccc(NC(=O)NCCc2ccc(Br)cc2)c1. The van der Waals surface area contributed by atoms with Gasteiger partial charge < -0.3 is 16.0 Å². The van der Waals surface area contributed by atoms with E-state index in [4.69, 9.17) is 0 Å². The fraction of sp³-hybridized carbons (Fsp3) is 0.176. The van der Waals surface area contributed by atoms with E-state index >= 15 is 0 Å². The number of nitrogens with one attached hydrogen (secondary N) is 3. The normalized spacial score (nSPS) is 10.0. The van der Waals surface area contributed by atoms with E-state index in [2.05, 4.69) is 31.9 Å². The Hall–Kier alpha value is -2.34. The number of hydrogen-bond acceptors (Lipinski definition) is 2. The molecule has 0 heterocycles. The fourth-order valence-electron chi connectivity index (χ4n) is 2.02. The molecule has 0 bridgehead atoms. The van der Waals surface area contributed by atoms with Gasteiger partial charge in [0, 0.05) is 29.3 Å². The second-order valence-corrected chi connectivity index (χ2v) is 5.94. The minimum absolute atomic E-state index is 0.152. The zero-order valence-corrected chi connectivity index (χ0v) is 14.3. The molecule has 2 aromatic carbocycles. The van der Waals surface area contributed by atoms with E-state index in [-0.39, 0.29) is 11.9 Å². The summed E-state index contributed by atoms with van der Waals surface area (Å²) < 4.78 is 1.03. The summed E-state index contributed by atoms with van der Waals surface area (Å²) in [6.45, 7) is 1.98. The zero-order chi connectivity index (χ0) is 16.7. The highest BCUT2D eigenvalue weighted by Crippen LogP contribution is 2.15. The van der Waals surface area contributed by atoms with Crippen molar-refractivity contribution in [2.24, 2.45) is 0 Å². The monoisotopic (exact) mass is 375 g/mol. The maximum Gasteiger partial charge on any atom is 0.319 e. The summed E-state index contributed by atoms with van der Waals surface area (Å²) in [5.41, 5.74) is 2.42. The minimum Gasteiger partial charge on any atom is -0.338 e. The van der Waals surface area contributed by atoms with Gasteiger partial charge >= 0.3 is 6.03 Å². The van der Waals surface area contributed by atoms with Crippen LogP contribution in [0.15, 0.2) is 53.0 Å². The summed E-state index contributed by atoms with van der Waals surface area (Å²) in [5, 5.41) is 8.22. The van der Waals surface area contributed by atoms with Crippen LogP contribution in [0.5, 0.6) is 0 Å². The number of carbonyl (C=O) groups excluding carboxylic acids is 2. The van der Waals surface area contributed by atoms with Crippen molar-refractivity contribution in [3.8, 4) is 0 Å². The van der Waals surface area contributed by atoms with E-state index in [0.717, 1.165) is 16.5 Å². The molecule has 0 saturated carbocycles. The Morgan fingerprint density at radius 1 is 1.00 bits per heavy atom. The molecule has 120 valence electrons. The van der Waals surface area contributed by atoms with Crippen molar-refractivity contribution in [1.29, 1.82) is 0 Å². The average Bonchev–Trinajstić information content (AvgIpc) is 2.49. The number of halogens is 1. The number of urea groups is 1. The number of hydrogen-bond donors (Lipinski definition) is 3. The van der Waals surface area contributed by atoms with Crippen molar-refractivity contribution in [2.45, 2.75) is 13.3 Å². The van der Waals surface area contributed by atoms with Gasteiger partial charge in [-0.2, -0.15) is 0 Å². The number of rotatable bonds is 5. The van der Waals surface area contributed by atoms with E-state index in [1.54, 1.807) is 24.3 Å². The Morgan fingerprint density at radius 2 is 1.65 bits per heavy atom. The van der Waals surface area contributed by atoms with Crippen LogP contribution in [-0.4, -0.2) is 18.5 Å². The summed E-state index contributed by atoms with van der Waals surface area (Å²) in [5.74, 6) is -0.152. The van der Waals surface area contributed by atoms with Crippen LogP contribution in [-0.2, 0) is 11.2 Å². The molecule has 0 radical (unpaired) electrons. The molecule has 2 aromatic rings. The zero-order valence-electron chi connectivity index (χ0n) is 12.7. The summed E-state index contributed by atoms with van der Waals surface area (Å²) in [4.78, 5) is 22.9. The van der Waals surface area contributed by atoms with Gasteiger partial charge in [-0.05, 0) is 42.3 Å². The third-order valence-electron chi connectivity index (χ3n) is 3.05. The van der Waals surface area contributed by atoms with Gasteiger partial charge in [0.15, 0.2) is 0 Å². The third kappa shape index (κ3) is 6.12. The fourth-order valence-corrected chi connectivity index (χ4v) is 2.29. The first-order chi connectivity index (χ1) is 11.0. The first-order valence-electron chi connectivity index (χ1n) is 7.20. The van der Waals surface area contributed by atoms with E-state index in [1.807, 2.05) is 24.3 Å². The van der Waals surface area contributed by atoms with Crippen LogP contribution in [0.3, 0.4) is 0 Å². The number of anilines is 2. The van der Waals surface area contributed by atoms with Gasteiger partial charge in [-0.15, -0.1) is 0 Å². The molecule has 3 N–H and O–H groups in total. The van der Waals surface area contributed by atoms with Gasteiger partial charge in [-0.1, -0.05) is 34.1 Å². The second-order valence-electron chi connectivity index (χ2n) is 5.02. The predicted octanol–water partition coefficient (Wildman–Crippen LogP) is 3.77. The standard InChI is InChI=1S/C17H18BrN3O2/c1-12(22)20-15-3-2-4-16(11-15)21-17(23)19-10-9-13-5-7-14(18)8-6-13/h2-8,11H,9-10H2,1H3,(H,20,22)(H2,19,21,23). The average molecular weight is 376 g/mol. The molecule has 0 aromatic heterocycles. The maximum atomic E-state index is 11.9. The molecule has 0 unspecified atom stereocenters. The lowest BCUT2D eigenvalue weighted by Crippen LogP contribution is -2.30. The minimum atomic E-state index is -0.276. The van der Waals surface area contributed by atoms with Crippen LogP contribution in [0, 0.1) is 0 Å². The quantitative estimate of drug-likeness (QED) is 0.744. The van der Waals surface area contributed by atoms with Gasteiger partial charge in [0.05, 0.1) is 0 Å². The molecule has 3 amide bonds. The van der Waals surface area contributed by atoms with Crippen LogP contribution >= 0.6 is 15.9 Å². The lowest BCUT2D eigenvalue weighted by molar-refractivity contribution is -0.114. The lowest BCUT2D eigenvalue weighted by Gasteiger charge is -2.09. The summed E-state index contributed by atoms with van der Waals surface area (Å²) >= 11 is 3.39. The molecular formula is C17H18BrN3O2. The van der Waals surface area contributed by atoms with Gasteiger partial charge in [0.25, 0.3) is 0 Å². The van der Waals surface area contributed by atoms with E-state index in [9.17, 15) is 9.59 Å². The van der Waals surface area contributed by atoms with E-state index < -0.39 is 0 Å². The number of benzene rings is 2. The van der Waals surface area contributed by atoms with Gasteiger partial charge in [0.2, 0.25) is 5.91 Å². The van der Waals surface area contributed by atoms with Gasteiger partial charge in [0.1, 0.15) is 0 Å². The molecule has 0 aliphatic heterocycles. The van der Waals surface area contributed by atoms with Crippen LogP contribution in [0.1, 0.15) is 12.5 Å². The summed E-state index contributed by atoms with van der Waals surface area (Å²) in [6, 6.07) is 14.7. The molecule has 0 aliphatic rings. The largest absolute Gasteiger partial charge is 0.338 e. The van der Waals surface area contributed by atoms with Crippen molar-refractivity contribution in [1.82, 2.24) is 5.32 Å². The van der Waals surface area contributed by atoms with Gasteiger partial charge in [-0.25, -0.2) is 4.79 Å². The molecule has 0 aliphatic carbocycles. The van der Waals surface area contributed by atoms with Crippen molar-refractivity contribution in [3.05, 3.63) is 58.6 Å². The highest BCUT2D eigenvalue weighted by Gasteiger charge is 2.03. The number of amides is 3. The molecule has 0 spiro atoms. The Balaban J connectivity index is 1.80. The highest BCUT2D eigenvalue weighted by atomic mass is 79.9. The number of carbonyl (C=O) groups is 2. The Morgan fingerprint density at radius 3 is 2.30 bits per heavy atom. The molecule has 2 rings (SSSR count). The molecular weight excluding hydrogens is 358 g/mol.